The maximum Gasteiger partial charge on any atom is 0.408 e. The maximum atomic E-state index is 13.5. The molecule has 0 saturated carbocycles. The molecule has 29 heavy (non-hydrogen) atoms. The molecule has 0 spiro atoms. The Kier molecular flexibility index (Phi) is 5.96. The zero-order chi connectivity index (χ0) is 21.2. The van der Waals surface area contributed by atoms with Crippen LogP contribution in [0.5, 0.6) is 0 Å². The first-order chi connectivity index (χ1) is 13.7. The number of nitrogens with one attached hydrogen (secondary N) is 1. The summed E-state index contributed by atoms with van der Waals surface area (Å²) in [5.74, 6) is -0.166. The lowest BCUT2D eigenvalue weighted by Gasteiger charge is -2.30. The smallest absolute Gasteiger partial charge is 0.408 e. The number of ether oxygens (including phenoxy) is 1. The predicted octanol–water partition coefficient (Wildman–Crippen LogP) is 4.75. The third-order valence-electron chi connectivity index (χ3n) is 4.96. The van der Waals surface area contributed by atoms with Crippen LogP contribution in [0.15, 0.2) is 48.5 Å². The number of rotatable bonds is 3. The minimum atomic E-state index is -0.651. The average Bonchev–Trinajstić information content (AvgIpc) is 2.81. The van der Waals surface area contributed by atoms with Gasteiger partial charge in [-0.05, 0) is 48.9 Å². The molecule has 3 rings (SSSR count). The number of carbonyl (C=O) groups is 2. The van der Waals surface area contributed by atoms with Crippen LogP contribution in [0.2, 0.25) is 0 Å². The number of alkyl carbamates (subject to hydrolysis) is 1. The molecule has 5 nitrogen and oxygen atoms in total. The molecule has 0 fully saturated rings. The molecular formula is C24H30N2O3. The third-order valence-corrected chi connectivity index (χ3v) is 4.96. The van der Waals surface area contributed by atoms with Gasteiger partial charge in [0.2, 0.25) is 5.91 Å². The summed E-state index contributed by atoms with van der Waals surface area (Å²) >= 11 is 0. The van der Waals surface area contributed by atoms with E-state index in [9.17, 15) is 9.59 Å². The molecule has 2 amide bonds. The Morgan fingerprint density at radius 2 is 1.41 bits per heavy atom. The topological polar surface area (TPSA) is 58.6 Å². The zero-order valence-corrected chi connectivity index (χ0v) is 17.9. The van der Waals surface area contributed by atoms with Crippen LogP contribution in [0.4, 0.5) is 4.79 Å². The summed E-state index contributed by atoms with van der Waals surface area (Å²) in [7, 11) is 0. The number of fused-ring (bicyclic) bond motifs is 3. The first kappa shape index (κ1) is 20.9. The molecule has 2 aromatic rings. The minimum Gasteiger partial charge on any atom is -0.444 e. The second-order valence-corrected chi connectivity index (χ2v) is 8.88. The van der Waals surface area contributed by atoms with Crippen molar-refractivity contribution < 1.29 is 14.3 Å². The number of carbonyl (C=O) groups excluding carboxylic acids is 2. The number of amides is 2. The van der Waals surface area contributed by atoms with Gasteiger partial charge < -0.3 is 15.0 Å². The van der Waals surface area contributed by atoms with Crippen molar-refractivity contribution in [2.24, 2.45) is 5.92 Å². The van der Waals surface area contributed by atoms with Crippen molar-refractivity contribution in [3.8, 4) is 11.1 Å². The lowest BCUT2D eigenvalue weighted by Crippen LogP contribution is -2.51. The SMILES string of the molecule is CC(C)[C@H](NC(=O)OC(C)(C)C)C(=O)N1Cc2ccccc2-c2ccccc2C1. The average molecular weight is 395 g/mol. The normalized spacial score (nSPS) is 14.5. The summed E-state index contributed by atoms with van der Waals surface area (Å²) in [5.41, 5.74) is 3.89. The molecular weight excluding hydrogens is 364 g/mol. The molecule has 0 aliphatic carbocycles. The maximum absolute atomic E-state index is 13.5. The summed E-state index contributed by atoms with van der Waals surface area (Å²) < 4.78 is 5.37. The highest BCUT2D eigenvalue weighted by Crippen LogP contribution is 2.32. The molecule has 1 aliphatic heterocycles. The van der Waals surface area contributed by atoms with E-state index in [2.05, 4.69) is 29.6 Å². The Hall–Kier alpha value is -2.82. The van der Waals surface area contributed by atoms with Gasteiger partial charge in [0, 0.05) is 13.1 Å². The summed E-state index contributed by atoms with van der Waals surface area (Å²) in [6.07, 6.45) is -0.569. The number of hydrogen-bond acceptors (Lipinski definition) is 3. The predicted molar refractivity (Wildman–Crippen MR) is 114 cm³/mol. The molecule has 1 aliphatic rings. The highest BCUT2D eigenvalue weighted by molar-refractivity contribution is 5.87. The van der Waals surface area contributed by atoms with Crippen molar-refractivity contribution in [1.29, 1.82) is 0 Å². The van der Waals surface area contributed by atoms with E-state index in [-0.39, 0.29) is 11.8 Å². The highest BCUT2D eigenvalue weighted by atomic mass is 16.6. The Morgan fingerprint density at radius 1 is 0.931 bits per heavy atom. The van der Waals surface area contributed by atoms with E-state index in [1.54, 1.807) is 20.8 Å². The molecule has 0 unspecified atom stereocenters. The Balaban J connectivity index is 1.89. The lowest BCUT2D eigenvalue weighted by molar-refractivity contribution is -0.135. The summed E-state index contributed by atoms with van der Waals surface area (Å²) in [4.78, 5) is 27.6. The molecule has 1 N–H and O–H groups in total. The van der Waals surface area contributed by atoms with Crippen molar-refractivity contribution in [2.45, 2.75) is 59.4 Å². The van der Waals surface area contributed by atoms with Crippen LogP contribution in [-0.2, 0) is 22.6 Å². The van der Waals surface area contributed by atoms with Crippen molar-refractivity contribution in [3.63, 3.8) is 0 Å². The minimum absolute atomic E-state index is 0.0660. The fourth-order valence-electron chi connectivity index (χ4n) is 3.61. The second kappa shape index (κ2) is 8.27. The van der Waals surface area contributed by atoms with Crippen LogP contribution < -0.4 is 5.32 Å². The van der Waals surface area contributed by atoms with Crippen LogP contribution in [0.3, 0.4) is 0 Å². The zero-order valence-electron chi connectivity index (χ0n) is 17.9. The van der Waals surface area contributed by atoms with Gasteiger partial charge in [0.05, 0.1) is 0 Å². The third kappa shape index (κ3) is 4.97. The summed E-state index contributed by atoms with van der Waals surface area (Å²) in [6, 6.07) is 15.7. The van der Waals surface area contributed by atoms with Gasteiger partial charge in [-0.3, -0.25) is 4.79 Å². The number of benzene rings is 2. The van der Waals surface area contributed by atoms with Crippen molar-refractivity contribution in [3.05, 3.63) is 59.7 Å². The monoisotopic (exact) mass is 394 g/mol. The molecule has 2 aromatic carbocycles. The van der Waals surface area contributed by atoms with Crippen LogP contribution in [-0.4, -0.2) is 28.5 Å². The van der Waals surface area contributed by atoms with Gasteiger partial charge in [-0.25, -0.2) is 4.79 Å². The van der Waals surface area contributed by atoms with Crippen molar-refractivity contribution in [2.75, 3.05) is 0 Å². The quantitative estimate of drug-likeness (QED) is 0.818. The van der Waals surface area contributed by atoms with Crippen molar-refractivity contribution >= 4 is 12.0 Å². The molecule has 0 saturated heterocycles. The number of hydrogen-bond donors (Lipinski definition) is 1. The number of nitrogens with zero attached hydrogens (tertiary/aromatic N) is 1. The second-order valence-electron chi connectivity index (χ2n) is 8.88. The van der Waals surface area contributed by atoms with Gasteiger partial charge in [0.15, 0.2) is 0 Å². The van der Waals surface area contributed by atoms with E-state index >= 15 is 0 Å². The first-order valence-electron chi connectivity index (χ1n) is 10.1. The van der Waals surface area contributed by atoms with Crippen LogP contribution in [0, 0.1) is 5.92 Å². The van der Waals surface area contributed by atoms with Crippen molar-refractivity contribution in [1.82, 2.24) is 10.2 Å². The van der Waals surface area contributed by atoms with Gasteiger partial charge in [0.1, 0.15) is 11.6 Å². The van der Waals surface area contributed by atoms with E-state index in [1.165, 1.54) is 0 Å². The standard InChI is InChI=1S/C24H30N2O3/c1-16(2)21(25-23(28)29-24(3,4)5)22(27)26-14-17-10-6-8-12-19(17)20-13-9-7-11-18(20)15-26/h6-13,16,21H,14-15H2,1-5H3,(H,25,28)/t21-/m0/s1. The molecule has 0 bridgehead atoms. The fraction of sp³-hybridized carbons (Fsp3) is 0.417. The molecule has 1 heterocycles. The first-order valence-corrected chi connectivity index (χ1v) is 10.1. The van der Waals surface area contributed by atoms with Gasteiger partial charge in [0.25, 0.3) is 0 Å². The molecule has 5 heteroatoms. The Morgan fingerprint density at radius 3 is 1.86 bits per heavy atom. The fourth-order valence-corrected chi connectivity index (χ4v) is 3.61. The molecule has 0 radical (unpaired) electrons. The van der Waals surface area contributed by atoms with Gasteiger partial charge in [-0.1, -0.05) is 62.4 Å². The van der Waals surface area contributed by atoms with Crippen LogP contribution >= 0.6 is 0 Å². The largest absolute Gasteiger partial charge is 0.444 e. The van der Waals surface area contributed by atoms with E-state index < -0.39 is 17.7 Å². The molecule has 1 atom stereocenters. The summed E-state index contributed by atoms with van der Waals surface area (Å²) in [5, 5.41) is 2.79. The van der Waals surface area contributed by atoms with Gasteiger partial charge >= 0.3 is 6.09 Å². The lowest BCUT2D eigenvalue weighted by atomic mass is 9.97. The van der Waals surface area contributed by atoms with Gasteiger partial charge in [-0.2, -0.15) is 0 Å². The highest BCUT2D eigenvalue weighted by Gasteiger charge is 2.32. The van der Waals surface area contributed by atoms with Crippen LogP contribution in [0.1, 0.15) is 45.7 Å². The summed E-state index contributed by atoms with van der Waals surface area (Å²) in [6.45, 7) is 10.3. The Labute approximate surface area is 173 Å². The van der Waals surface area contributed by atoms with Crippen LogP contribution in [0.25, 0.3) is 11.1 Å². The van der Waals surface area contributed by atoms with E-state index in [0.29, 0.717) is 13.1 Å². The van der Waals surface area contributed by atoms with E-state index in [4.69, 9.17) is 4.74 Å². The molecule has 154 valence electrons. The Bertz CT molecular complexity index is 851. The van der Waals surface area contributed by atoms with E-state index in [0.717, 1.165) is 22.3 Å². The van der Waals surface area contributed by atoms with E-state index in [1.807, 2.05) is 43.0 Å². The van der Waals surface area contributed by atoms with Gasteiger partial charge in [-0.15, -0.1) is 0 Å². The molecule has 0 aromatic heterocycles.